The van der Waals surface area contributed by atoms with E-state index in [1.54, 1.807) is 12.1 Å². The zero-order valence-corrected chi connectivity index (χ0v) is 14.3. The normalized spacial score (nSPS) is 20.5. The molecule has 1 saturated heterocycles. The van der Waals surface area contributed by atoms with Gasteiger partial charge in [0.25, 0.3) is 11.6 Å². The lowest BCUT2D eigenvalue weighted by molar-refractivity contribution is -0.384. The molecule has 1 atom stereocenters. The van der Waals surface area contributed by atoms with Crippen molar-refractivity contribution in [3.63, 3.8) is 0 Å². The predicted molar refractivity (Wildman–Crippen MR) is 93.4 cm³/mol. The maximum Gasteiger partial charge on any atom is 0.270 e. The Morgan fingerprint density at radius 3 is 2.83 bits per heavy atom. The summed E-state index contributed by atoms with van der Waals surface area (Å²) in [5.41, 5.74) is 5.81. The summed E-state index contributed by atoms with van der Waals surface area (Å²) >= 11 is 1.38. The Hall–Kier alpha value is -1.70. The highest BCUT2D eigenvalue weighted by molar-refractivity contribution is 7.20. The van der Waals surface area contributed by atoms with E-state index < -0.39 is 4.92 Å². The Balaban J connectivity index is 0.00000192. The van der Waals surface area contributed by atoms with Crippen LogP contribution in [0, 0.1) is 15.5 Å². The van der Waals surface area contributed by atoms with E-state index in [9.17, 15) is 14.9 Å². The van der Waals surface area contributed by atoms with Crippen LogP contribution in [-0.4, -0.2) is 35.4 Å². The molecule has 0 aliphatic carbocycles. The maximum atomic E-state index is 12.6. The van der Waals surface area contributed by atoms with Gasteiger partial charge >= 0.3 is 0 Å². The third-order valence-electron chi connectivity index (χ3n) is 4.26. The van der Waals surface area contributed by atoms with Crippen molar-refractivity contribution in [2.75, 3.05) is 19.6 Å². The van der Waals surface area contributed by atoms with Crippen LogP contribution in [0.2, 0.25) is 0 Å². The highest BCUT2D eigenvalue weighted by Gasteiger charge is 2.35. The molecule has 1 unspecified atom stereocenters. The molecule has 8 heteroatoms. The number of benzene rings is 1. The van der Waals surface area contributed by atoms with Crippen LogP contribution < -0.4 is 5.73 Å². The molecule has 6 nitrogen and oxygen atoms in total. The molecule has 2 heterocycles. The number of fused-ring (bicyclic) bond motifs is 1. The zero-order chi connectivity index (χ0) is 15.9. The molecule has 23 heavy (non-hydrogen) atoms. The van der Waals surface area contributed by atoms with Gasteiger partial charge in [0.1, 0.15) is 0 Å². The summed E-state index contributed by atoms with van der Waals surface area (Å²) < 4.78 is 0.884. The summed E-state index contributed by atoms with van der Waals surface area (Å²) in [6.45, 7) is 4.03. The number of nitrogens with two attached hydrogens (primary N) is 1. The van der Waals surface area contributed by atoms with Gasteiger partial charge < -0.3 is 10.6 Å². The lowest BCUT2D eigenvalue weighted by atomic mass is 9.90. The fourth-order valence-electron chi connectivity index (χ4n) is 2.77. The van der Waals surface area contributed by atoms with Gasteiger partial charge in [0.05, 0.1) is 9.80 Å². The predicted octanol–water partition coefficient (Wildman–Crippen LogP) is 3.04. The Morgan fingerprint density at radius 1 is 1.48 bits per heavy atom. The summed E-state index contributed by atoms with van der Waals surface area (Å²) in [6.07, 6.45) is 0.908. The second-order valence-corrected chi connectivity index (χ2v) is 7.17. The smallest absolute Gasteiger partial charge is 0.270 e. The van der Waals surface area contributed by atoms with Crippen molar-refractivity contribution in [2.24, 2.45) is 11.1 Å². The first-order valence-electron chi connectivity index (χ1n) is 7.09. The molecule has 0 spiro atoms. The second kappa shape index (κ2) is 6.43. The number of hydrogen-bond acceptors (Lipinski definition) is 5. The maximum absolute atomic E-state index is 12.6. The number of amides is 1. The Labute approximate surface area is 143 Å². The number of non-ortho nitro benzene ring substituents is 1. The first kappa shape index (κ1) is 17.7. The lowest BCUT2D eigenvalue weighted by Crippen LogP contribution is -2.34. The third-order valence-corrected chi connectivity index (χ3v) is 5.36. The van der Waals surface area contributed by atoms with Crippen molar-refractivity contribution in [1.29, 1.82) is 0 Å². The number of rotatable bonds is 3. The van der Waals surface area contributed by atoms with E-state index in [-0.39, 0.29) is 29.4 Å². The minimum absolute atomic E-state index is 0. The van der Waals surface area contributed by atoms with E-state index in [0.717, 1.165) is 16.5 Å². The van der Waals surface area contributed by atoms with Crippen molar-refractivity contribution < 1.29 is 9.72 Å². The first-order chi connectivity index (χ1) is 10.4. The Kier molecular flexibility index (Phi) is 4.93. The van der Waals surface area contributed by atoms with Gasteiger partial charge in [0.15, 0.2) is 0 Å². The van der Waals surface area contributed by atoms with Crippen LogP contribution >= 0.6 is 23.7 Å². The van der Waals surface area contributed by atoms with E-state index in [4.69, 9.17) is 5.73 Å². The van der Waals surface area contributed by atoms with E-state index in [2.05, 4.69) is 6.92 Å². The number of hydrogen-bond donors (Lipinski definition) is 1. The highest BCUT2D eigenvalue weighted by Crippen LogP contribution is 2.33. The number of nitro groups is 1. The zero-order valence-electron chi connectivity index (χ0n) is 12.7. The summed E-state index contributed by atoms with van der Waals surface area (Å²) in [7, 11) is 0. The average molecular weight is 356 g/mol. The van der Waals surface area contributed by atoms with Gasteiger partial charge in [-0.25, -0.2) is 0 Å². The number of carbonyl (C=O) groups excluding carboxylic acids is 1. The fraction of sp³-hybridized carbons (Fsp3) is 0.400. The molecule has 1 aliphatic rings. The van der Waals surface area contributed by atoms with Crippen molar-refractivity contribution in [3.05, 3.63) is 39.3 Å². The molecule has 1 amide bonds. The van der Waals surface area contributed by atoms with Crippen molar-refractivity contribution >= 4 is 45.4 Å². The average Bonchev–Trinajstić information content (AvgIpc) is 3.10. The van der Waals surface area contributed by atoms with Crippen LogP contribution in [0.3, 0.4) is 0 Å². The third kappa shape index (κ3) is 3.31. The van der Waals surface area contributed by atoms with Gasteiger partial charge in [-0.2, -0.15) is 0 Å². The van der Waals surface area contributed by atoms with E-state index in [1.807, 2.05) is 4.90 Å². The molecule has 1 aliphatic heterocycles. The number of halogens is 1. The van der Waals surface area contributed by atoms with Gasteiger partial charge in [-0.3, -0.25) is 14.9 Å². The number of likely N-dealkylation sites (tertiary alicyclic amines) is 1. The topological polar surface area (TPSA) is 89.5 Å². The van der Waals surface area contributed by atoms with E-state index in [1.165, 1.54) is 23.5 Å². The summed E-state index contributed by atoms with van der Waals surface area (Å²) in [4.78, 5) is 25.4. The number of thiophene rings is 1. The molecule has 3 rings (SSSR count). The number of carbonyl (C=O) groups is 1. The highest BCUT2D eigenvalue weighted by atomic mass is 35.5. The van der Waals surface area contributed by atoms with Gasteiger partial charge in [-0.05, 0) is 30.5 Å². The molecule has 0 saturated carbocycles. The Bertz CT molecular complexity index is 764. The van der Waals surface area contributed by atoms with Crippen molar-refractivity contribution in [2.45, 2.75) is 13.3 Å². The van der Waals surface area contributed by atoms with Crippen LogP contribution in [-0.2, 0) is 0 Å². The minimum atomic E-state index is -0.425. The van der Waals surface area contributed by atoms with Crippen LogP contribution in [0.4, 0.5) is 5.69 Å². The standard InChI is InChI=1S/C15H17N3O3S.ClH/c1-15(8-16)4-5-17(9-15)14(19)13-7-10-6-11(18(20)21)2-3-12(10)22-13;/h2-3,6-7H,4-5,8-9,16H2,1H3;1H. The monoisotopic (exact) mass is 355 g/mol. The molecule has 2 aromatic rings. The SMILES string of the molecule is CC1(CN)CCN(C(=O)c2cc3cc([N+](=O)[O-])ccc3s2)C1.Cl. The van der Waals surface area contributed by atoms with Crippen molar-refractivity contribution in [3.8, 4) is 0 Å². The lowest BCUT2D eigenvalue weighted by Gasteiger charge is -2.22. The molecule has 124 valence electrons. The molecule has 1 aromatic heterocycles. The molecular weight excluding hydrogens is 338 g/mol. The largest absolute Gasteiger partial charge is 0.337 e. The molecule has 0 radical (unpaired) electrons. The summed E-state index contributed by atoms with van der Waals surface area (Å²) in [6, 6.07) is 6.42. The van der Waals surface area contributed by atoms with Gasteiger partial charge in [0.2, 0.25) is 0 Å². The fourth-order valence-corrected chi connectivity index (χ4v) is 3.78. The molecular formula is C15H18ClN3O3S. The number of nitro benzene ring substituents is 1. The Morgan fingerprint density at radius 2 is 2.22 bits per heavy atom. The van der Waals surface area contributed by atoms with Gasteiger partial charge in [0, 0.05) is 35.3 Å². The first-order valence-corrected chi connectivity index (χ1v) is 7.91. The van der Waals surface area contributed by atoms with Gasteiger partial charge in [-0.1, -0.05) is 6.92 Å². The summed E-state index contributed by atoms with van der Waals surface area (Å²) in [5.74, 6) is -0.0129. The molecule has 1 fully saturated rings. The molecule has 2 N–H and O–H groups in total. The van der Waals surface area contributed by atoms with Crippen LogP contribution in [0.15, 0.2) is 24.3 Å². The van der Waals surface area contributed by atoms with E-state index in [0.29, 0.717) is 24.5 Å². The molecule has 1 aromatic carbocycles. The van der Waals surface area contributed by atoms with E-state index >= 15 is 0 Å². The summed E-state index contributed by atoms with van der Waals surface area (Å²) in [5, 5.41) is 11.6. The number of nitrogens with zero attached hydrogens (tertiary/aromatic N) is 2. The molecule has 0 bridgehead atoms. The van der Waals surface area contributed by atoms with Crippen LogP contribution in [0.5, 0.6) is 0 Å². The van der Waals surface area contributed by atoms with Gasteiger partial charge in [-0.15, -0.1) is 23.7 Å². The van der Waals surface area contributed by atoms with Crippen LogP contribution in [0.1, 0.15) is 23.0 Å². The van der Waals surface area contributed by atoms with Crippen LogP contribution in [0.25, 0.3) is 10.1 Å². The second-order valence-electron chi connectivity index (χ2n) is 6.08. The quantitative estimate of drug-likeness (QED) is 0.676. The minimum Gasteiger partial charge on any atom is -0.337 e. The van der Waals surface area contributed by atoms with Crippen molar-refractivity contribution in [1.82, 2.24) is 4.90 Å².